The SMILES string of the molecule is Cc1ccc(N(C)CCNc2ccc(Br)cc2)c(C)c1. The lowest BCUT2D eigenvalue weighted by atomic mass is 10.1. The number of nitrogens with one attached hydrogen (secondary N) is 1. The highest BCUT2D eigenvalue weighted by Crippen LogP contribution is 2.19. The van der Waals surface area contributed by atoms with E-state index < -0.39 is 0 Å². The standard InChI is InChI=1S/C17H21BrN2/c1-13-4-9-17(14(2)12-13)20(3)11-10-19-16-7-5-15(18)6-8-16/h4-9,12,19H,10-11H2,1-3H3. The van der Waals surface area contributed by atoms with E-state index in [1.165, 1.54) is 16.8 Å². The molecule has 0 fully saturated rings. The van der Waals surface area contributed by atoms with Crippen molar-refractivity contribution in [1.82, 2.24) is 0 Å². The molecule has 0 saturated heterocycles. The third kappa shape index (κ3) is 4.01. The number of rotatable bonds is 5. The van der Waals surface area contributed by atoms with Crippen molar-refractivity contribution in [2.45, 2.75) is 13.8 Å². The zero-order chi connectivity index (χ0) is 14.5. The van der Waals surface area contributed by atoms with E-state index in [0.29, 0.717) is 0 Å². The average Bonchev–Trinajstić information content (AvgIpc) is 2.41. The van der Waals surface area contributed by atoms with Crippen LogP contribution in [0, 0.1) is 13.8 Å². The third-order valence-electron chi connectivity index (χ3n) is 3.38. The van der Waals surface area contributed by atoms with Gasteiger partial charge in [-0.3, -0.25) is 0 Å². The van der Waals surface area contributed by atoms with Crippen molar-refractivity contribution in [1.29, 1.82) is 0 Å². The van der Waals surface area contributed by atoms with Crippen LogP contribution >= 0.6 is 15.9 Å². The monoisotopic (exact) mass is 332 g/mol. The fraction of sp³-hybridized carbons (Fsp3) is 0.294. The van der Waals surface area contributed by atoms with Gasteiger partial charge in [0.05, 0.1) is 0 Å². The van der Waals surface area contributed by atoms with Gasteiger partial charge in [0.15, 0.2) is 0 Å². The first-order chi connectivity index (χ1) is 9.56. The molecule has 0 amide bonds. The summed E-state index contributed by atoms with van der Waals surface area (Å²) in [5.74, 6) is 0. The molecule has 2 aromatic carbocycles. The summed E-state index contributed by atoms with van der Waals surface area (Å²) in [6.45, 7) is 6.19. The molecule has 106 valence electrons. The van der Waals surface area contributed by atoms with Gasteiger partial charge in [-0.15, -0.1) is 0 Å². The Kier molecular flexibility index (Phi) is 5.07. The maximum Gasteiger partial charge on any atom is 0.0394 e. The summed E-state index contributed by atoms with van der Waals surface area (Å²) >= 11 is 3.45. The second-order valence-electron chi connectivity index (χ2n) is 5.15. The maximum atomic E-state index is 3.45. The van der Waals surface area contributed by atoms with Crippen LogP contribution in [0.3, 0.4) is 0 Å². The van der Waals surface area contributed by atoms with Crippen molar-refractivity contribution in [2.75, 3.05) is 30.4 Å². The molecule has 2 nitrogen and oxygen atoms in total. The topological polar surface area (TPSA) is 15.3 Å². The summed E-state index contributed by atoms with van der Waals surface area (Å²) in [5, 5.41) is 3.44. The first-order valence-corrected chi connectivity index (χ1v) is 7.63. The van der Waals surface area contributed by atoms with Gasteiger partial charge in [0, 0.05) is 36.0 Å². The van der Waals surface area contributed by atoms with Gasteiger partial charge in [0.2, 0.25) is 0 Å². The molecule has 2 rings (SSSR count). The van der Waals surface area contributed by atoms with Crippen LogP contribution in [0.1, 0.15) is 11.1 Å². The van der Waals surface area contributed by atoms with Gasteiger partial charge in [-0.2, -0.15) is 0 Å². The van der Waals surface area contributed by atoms with E-state index in [1.54, 1.807) is 0 Å². The van der Waals surface area contributed by atoms with Crippen molar-refractivity contribution in [3.8, 4) is 0 Å². The minimum atomic E-state index is 0.922. The second-order valence-corrected chi connectivity index (χ2v) is 6.06. The number of likely N-dealkylation sites (N-methyl/N-ethyl adjacent to an activating group) is 1. The predicted octanol–water partition coefficient (Wildman–Crippen LogP) is 4.61. The molecule has 0 unspecified atom stereocenters. The first-order valence-electron chi connectivity index (χ1n) is 6.84. The Balaban J connectivity index is 1.88. The highest BCUT2D eigenvalue weighted by Gasteiger charge is 2.04. The van der Waals surface area contributed by atoms with Crippen molar-refractivity contribution in [2.24, 2.45) is 0 Å². The summed E-state index contributed by atoms with van der Waals surface area (Å²) < 4.78 is 1.11. The van der Waals surface area contributed by atoms with E-state index in [4.69, 9.17) is 0 Å². The van der Waals surface area contributed by atoms with Crippen LogP contribution in [0.2, 0.25) is 0 Å². The molecule has 0 radical (unpaired) electrons. The van der Waals surface area contributed by atoms with Crippen molar-refractivity contribution >= 4 is 27.3 Å². The summed E-state index contributed by atoms with van der Waals surface area (Å²) in [5.41, 5.74) is 5.10. The summed E-state index contributed by atoms with van der Waals surface area (Å²) in [4.78, 5) is 2.29. The van der Waals surface area contributed by atoms with Crippen LogP contribution in [0.4, 0.5) is 11.4 Å². The molecule has 0 spiro atoms. The third-order valence-corrected chi connectivity index (χ3v) is 3.91. The Hall–Kier alpha value is -1.48. The second kappa shape index (κ2) is 6.80. The molecule has 0 atom stereocenters. The summed E-state index contributed by atoms with van der Waals surface area (Å²) in [6.07, 6.45) is 0. The van der Waals surface area contributed by atoms with Crippen LogP contribution in [-0.4, -0.2) is 20.1 Å². The predicted molar refractivity (Wildman–Crippen MR) is 91.8 cm³/mol. The fourth-order valence-electron chi connectivity index (χ4n) is 2.29. The number of benzene rings is 2. The van der Waals surface area contributed by atoms with Crippen molar-refractivity contribution in [3.05, 3.63) is 58.1 Å². The minimum Gasteiger partial charge on any atom is -0.383 e. The molecular weight excluding hydrogens is 312 g/mol. The lowest BCUT2D eigenvalue weighted by Gasteiger charge is -2.22. The molecule has 2 aromatic rings. The number of hydrogen-bond acceptors (Lipinski definition) is 2. The Labute approximate surface area is 129 Å². The molecule has 1 N–H and O–H groups in total. The van der Waals surface area contributed by atoms with Gasteiger partial charge in [0.1, 0.15) is 0 Å². The molecule has 0 bridgehead atoms. The number of halogens is 1. The number of aryl methyl sites for hydroxylation is 2. The lowest BCUT2D eigenvalue weighted by molar-refractivity contribution is 0.909. The average molecular weight is 333 g/mol. The van der Waals surface area contributed by atoms with E-state index in [-0.39, 0.29) is 0 Å². The van der Waals surface area contributed by atoms with Crippen LogP contribution in [-0.2, 0) is 0 Å². The highest BCUT2D eigenvalue weighted by molar-refractivity contribution is 9.10. The molecule has 0 saturated carbocycles. The highest BCUT2D eigenvalue weighted by atomic mass is 79.9. The van der Waals surface area contributed by atoms with Gasteiger partial charge in [-0.1, -0.05) is 33.6 Å². The van der Waals surface area contributed by atoms with Gasteiger partial charge >= 0.3 is 0 Å². The minimum absolute atomic E-state index is 0.922. The zero-order valence-corrected chi connectivity index (χ0v) is 13.9. The Morgan fingerprint density at radius 3 is 2.40 bits per heavy atom. The Bertz CT molecular complexity index is 564. The summed E-state index contributed by atoms with van der Waals surface area (Å²) in [7, 11) is 2.14. The van der Waals surface area contributed by atoms with Crippen molar-refractivity contribution < 1.29 is 0 Å². The van der Waals surface area contributed by atoms with Gasteiger partial charge < -0.3 is 10.2 Å². The van der Waals surface area contributed by atoms with E-state index in [2.05, 4.69) is 89.5 Å². The van der Waals surface area contributed by atoms with E-state index in [1.807, 2.05) is 0 Å². The van der Waals surface area contributed by atoms with Gasteiger partial charge in [0.25, 0.3) is 0 Å². The molecule has 0 heterocycles. The maximum absolute atomic E-state index is 3.45. The molecule has 0 aliphatic carbocycles. The summed E-state index contributed by atoms with van der Waals surface area (Å²) in [6, 6.07) is 14.9. The number of nitrogens with zero attached hydrogens (tertiary/aromatic N) is 1. The van der Waals surface area contributed by atoms with Crippen molar-refractivity contribution in [3.63, 3.8) is 0 Å². The largest absolute Gasteiger partial charge is 0.383 e. The molecule has 0 aliphatic rings. The fourth-order valence-corrected chi connectivity index (χ4v) is 2.55. The smallest absolute Gasteiger partial charge is 0.0394 e. The van der Waals surface area contributed by atoms with Crippen LogP contribution < -0.4 is 10.2 Å². The van der Waals surface area contributed by atoms with E-state index in [0.717, 1.165) is 23.2 Å². The Morgan fingerprint density at radius 2 is 1.75 bits per heavy atom. The van der Waals surface area contributed by atoms with Crippen LogP contribution in [0.5, 0.6) is 0 Å². The van der Waals surface area contributed by atoms with Crippen LogP contribution in [0.25, 0.3) is 0 Å². The molecule has 0 aliphatic heterocycles. The molecule has 20 heavy (non-hydrogen) atoms. The first kappa shape index (κ1) is 14.9. The number of hydrogen-bond donors (Lipinski definition) is 1. The lowest BCUT2D eigenvalue weighted by Crippen LogP contribution is -2.25. The van der Waals surface area contributed by atoms with E-state index >= 15 is 0 Å². The van der Waals surface area contributed by atoms with Gasteiger partial charge in [-0.25, -0.2) is 0 Å². The van der Waals surface area contributed by atoms with Crippen LogP contribution in [0.15, 0.2) is 46.9 Å². The zero-order valence-electron chi connectivity index (χ0n) is 12.3. The molecule has 3 heteroatoms. The Morgan fingerprint density at radius 1 is 1.05 bits per heavy atom. The molecule has 0 aromatic heterocycles. The van der Waals surface area contributed by atoms with Gasteiger partial charge in [-0.05, 0) is 49.7 Å². The quantitative estimate of drug-likeness (QED) is 0.859. The van der Waals surface area contributed by atoms with E-state index in [9.17, 15) is 0 Å². The normalized spacial score (nSPS) is 10.4. The number of anilines is 2. The molecular formula is C17H21BrN2.